The van der Waals surface area contributed by atoms with Crippen LogP contribution in [0.1, 0.15) is 16.7 Å². The molecule has 4 nitrogen and oxygen atoms in total. The molecule has 0 radical (unpaired) electrons. The minimum absolute atomic E-state index is 0.0689. The van der Waals surface area contributed by atoms with E-state index >= 15 is 0 Å². The summed E-state index contributed by atoms with van der Waals surface area (Å²) in [5, 5.41) is 3.58. The number of nitrogens with one attached hydrogen (secondary N) is 1. The van der Waals surface area contributed by atoms with E-state index < -0.39 is 0 Å². The van der Waals surface area contributed by atoms with Gasteiger partial charge in [-0.1, -0.05) is 60.1 Å². The normalized spacial score (nSPS) is 15.6. The molecule has 1 aliphatic rings. The standard InChI is InChI=1S/C25H23ClFN3O/c1-30-18(15-28-24(31)14-17-8-2-5-11-21(17)26)16-29-25(19-9-3-6-12-22(19)27)20-10-4-7-13-23(20)30/h2-13,18H,14-16H2,1H3,(H,28,31). The second-order valence-corrected chi connectivity index (χ2v) is 7.93. The molecular formula is C25H23ClFN3O. The highest BCUT2D eigenvalue weighted by Crippen LogP contribution is 2.28. The first-order valence-electron chi connectivity index (χ1n) is 10.2. The second-order valence-electron chi connectivity index (χ2n) is 7.52. The van der Waals surface area contributed by atoms with Crippen LogP contribution in [0.4, 0.5) is 10.1 Å². The van der Waals surface area contributed by atoms with Gasteiger partial charge in [0.1, 0.15) is 5.82 Å². The molecule has 3 aromatic rings. The summed E-state index contributed by atoms with van der Waals surface area (Å²) in [6, 6.07) is 21.8. The molecule has 0 aromatic heterocycles. The van der Waals surface area contributed by atoms with E-state index in [2.05, 4.69) is 10.2 Å². The number of aliphatic imine (C=N–C) groups is 1. The summed E-state index contributed by atoms with van der Waals surface area (Å²) in [4.78, 5) is 19.4. The summed E-state index contributed by atoms with van der Waals surface area (Å²) in [5.41, 5.74) is 3.73. The van der Waals surface area contributed by atoms with Crippen LogP contribution in [0.3, 0.4) is 0 Å². The van der Waals surface area contributed by atoms with Crippen LogP contribution in [0.5, 0.6) is 0 Å². The van der Waals surface area contributed by atoms with E-state index in [4.69, 9.17) is 16.6 Å². The third-order valence-electron chi connectivity index (χ3n) is 5.52. The van der Waals surface area contributed by atoms with E-state index in [1.54, 1.807) is 18.2 Å². The average Bonchev–Trinajstić information content (AvgIpc) is 2.91. The SMILES string of the molecule is CN1c2ccccc2C(c2ccccc2F)=NCC1CNC(=O)Cc1ccccc1Cl. The Labute approximate surface area is 186 Å². The number of amides is 1. The highest BCUT2D eigenvalue weighted by molar-refractivity contribution is 6.31. The quantitative estimate of drug-likeness (QED) is 0.641. The minimum Gasteiger partial charge on any atom is -0.367 e. The number of benzodiazepines with no additional fused rings is 1. The third-order valence-corrected chi connectivity index (χ3v) is 5.89. The van der Waals surface area contributed by atoms with Crippen LogP contribution >= 0.6 is 11.6 Å². The first-order chi connectivity index (χ1) is 15.0. The Morgan fingerprint density at radius 2 is 1.74 bits per heavy atom. The highest BCUT2D eigenvalue weighted by atomic mass is 35.5. The van der Waals surface area contributed by atoms with Crippen molar-refractivity contribution < 1.29 is 9.18 Å². The summed E-state index contributed by atoms with van der Waals surface area (Å²) < 4.78 is 14.5. The summed E-state index contributed by atoms with van der Waals surface area (Å²) in [6.45, 7) is 0.851. The first kappa shape index (κ1) is 21.1. The largest absolute Gasteiger partial charge is 0.367 e. The number of anilines is 1. The van der Waals surface area contributed by atoms with Crippen LogP contribution in [0.15, 0.2) is 77.8 Å². The molecule has 1 N–H and O–H groups in total. The predicted molar refractivity (Wildman–Crippen MR) is 124 cm³/mol. The van der Waals surface area contributed by atoms with Crippen LogP contribution in [0.25, 0.3) is 0 Å². The number of fused-ring (bicyclic) bond motifs is 1. The predicted octanol–water partition coefficient (Wildman–Crippen LogP) is 4.49. The molecule has 0 saturated carbocycles. The molecule has 0 aliphatic carbocycles. The van der Waals surface area contributed by atoms with Crippen molar-refractivity contribution >= 4 is 28.9 Å². The van der Waals surface area contributed by atoms with Crippen molar-refractivity contribution in [3.05, 3.63) is 100 Å². The van der Waals surface area contributed by atoms with Crippen molar-refractivity contribution in [1.82, 2.24) is 5.32 Å². The van der Waals surface area contributed by atoms with Crippen molar-refractivity contribution in [2.24, 2.45) is 4.99 Å². The number of likely N-dealkylation sites (N-methyl/N-ethyl adjacent to an activating group) is 1. The molecule has 0 fully saturated rings. The number of hydrogen-bond donors (Lipinski definition) is 1. The van der Waals surface area contributed by atoms with E-state index in [0.717, 1.165) is 16.8 Å². The number of halogens is 2. The van der Waals surface area contributed by atoms with Gasteiger partial charge in [-0.15, -0.1) is 0 Å². The molecule has 3 aromatic carbocycles. The zero-order valence-electron chi connectivity index (χ0n) is 17.2. The van der Waals surface area contributed by atoms with Crippen molar-refractivity contribution in [1.29, 1.82) is 0 Å². The van der Waals surface area contributed by atoms with E-state index in [1.165, 1.54) is 6.07 Å². The number of carbonyl (C=O) groups excluding carboxylic acids is 1. The Hall–Kier alpha value is -3.18. The fourth-order valence-electron chi connectivity index (χ4n) is 3.78. The van der Waals surface area contributed by atoms with E-state index in [9.17, 15) is 9.18 Å². The number of carbonyl (C=O) groups is 1. The molecule has 1 amide bonds. The summed E-state index contributed by atoms with van der Waals surface area (Å²) >= 11 is 6.17. The number of nitrogens with zero attached hydrogens (tertiary/aromatic N) is 2. The second kappa shape index (κ2) is 9.31. The fraction of sp³-hybridized carbons (Fsp3) is 0.200. The van der Waals surface area contributed by atoms with Crippen LogP contribution in [-0.4, -0.2) is 37.8 Å². The van der Waals surface area contributed by atoms with E-state index in [-0.39, 0.29) is 24.2 Å². The van der Waals surface area contributed by atoms with Crippen LogP contribution < -0.4 is 10.2 Å². The number of hydrogen-bond acceptors (Lipinski definition) is 3. The number of para-hydroxylation sites is 1. The minimum atomic E-state index is -0.301. The highest BCUT2D eigenvalue weighted by Gasteiger charge is 2.25. The van der Waals surface area contributed by atoms with Crippen LogP contribution in [-0.2, 0) is 11.2 Å². The third kappa shape index (κ3) is 4.62. The van der Waals surface area contributed by atoms with Gasteiger partial charge in [0.15, 0.2) is 0 Å². The van der Waals surface area contributed by atoms with Crippen LogP contribution in [0.2, 0.25) is 5.02 Å². The Kier molecular flexibility index (Phi) is 6.33. The van der Waals surface area contributed by atoms with E-state index in [1.807, 2.05) is 55.6 Å². The van der Waals surface area contributed by atoms with Gasteiger partial charge < -0.3 is 10.2 Å². The lowest BCUT2D eigenvalue weighted by atomic mass is 10.00. The summed E-state index contributed by atoms with van der Waals surface area (Å²) in [7, 11) is 1.98. The molecule has 0 saturated heterocycles. The average molecular weight is 436 g/mol. The zero-order valence-corrected chi connectivity index (χ0v) is 17.9. The number of rotatable bonds is 5. The van der Waals surface area contributed by atoms with Gasteiger partial charge in [-0.2, -0.15) is 0 Å². The lowest BCUT2D eigenvalue weighted by Crippen LogP contribution is -2.44. The molecule has 0 bridgehead atoms. The van der Waals surface area contributed by atoms with Crippen LogP contribution in [0, 0.1) is 5.82 Å². The maximum atomic E-state index is 14.5. The lowest BCUT2D eigenvalue weighted by molar-refractivity contribution is -0.120. The molecule has 1 heterocycles. The monoisotopic (exact) mass is 435 g/mol. The molecule has 158 valence electrons. The van der Waals surface area contributed by atoms with Gasteiger partial charge in [-0.25, -0.2) is 4.39 Å². The zero-order chi connectivity index (χ0) is 21.8. The summed E-state index contributed by atoms with van der Waals surface area (Å²) in [5.74, 6) is -0.400. The Bertz CT molecular complexity index is 1130. The van der Waals surface area contributed by atoms with Gasteiger partial charge in [0.25, 0.3) is 0 Å². The molecule has 31 heavy (non-hydrogen) atoms. The summed E-state index contributed by atoms with van der Waals surface area (Å²) in [6.07, 6.45) is 0.219. The maximum Gasteiger partial charge on any atom is 0.224 e. The Morgan fingerprint density at radius 1 is 1.06 bits per heavy atom. The van der Waals surface area contributed by atoms with Crippen molar-refractivity contribution in [2.45, 2.75) is 12.5 Å². The molecule has 0 spiro atoms. The van der Waals surface area contributed by atoms with Gasteiger partial charge >= 0.3 is 0 Å². The molecule has 1 unspecified atom stereocenters. The van der Waals surface area contributed by atoms with Crippen molar-refractivity contribution in [3.63, 3.8) is 0 Å². The van der Waals surface area contributed by atoms with Gasteiger partial charge in [0.2, 0.25) is 5.91 Å². The van der Waals surface area contributed by atoms with Gasteiger partial charge in [0, 0.05) is 35.4 Å². The van der Waals surface area contributed by atoms with Gasteiger partial charge in [-0.3, -0.25) is 9.79 Å². The molecule has 1 atom stereocenters. The molecular weight excluding hydrogens is 413 g/mol. The Morgan fingerprint density at radius 3 is 2.52 bits per heavy atom. The Balaban J connectivity index is 1.55. The van der Waals surface area contributed by atoms with Crippen molar-refractivity contribution in [3.8, 4) is 0 Å². The van der Waals surface area contributed by atoms with Gasteiger partial charge in [-0.05, 0) is 29.8 Å². The molecule has 1 aliphatic heterocycles. The molecule has 6 heteroatoms. The van der Waals surface area contributed by atoms with Gasteiger partial charge in [0.05, 0.1) is 24.7 Å². The fourth-order valence-corrected chi connectivity index (χ4v) is 3.98. The first-order valence-corrected chi connectivity index (χ1v) is 10.5. The van der Waals surface area contributed by atoms with E-state index in [0.29, 0.717) is 29.4 Å². The lowest BCUT2D eigenvalue weighted by Gasteiger charge is -2.29. The van der Waals surface area contributed by atoms with Crippen molar-refractivity contribution in [2.75, 3.05) is 25.0 Å². The topological polar surface area (TPSA) is 44.7 Å². The molecule has 4 rings (SSSR count). The maximum absolute atomic E-state index is 14.5. The number of benzene rings is 3. The smallest absolute Gasteiger partial charge is 0.224 e.